The van der Waals surface area contributed by atoms with Crippen LogP contribution in [-0.4, -0.2) is 0 Å². The largest absolute Gasteiger partial charge is 3.00 e. The van der Waals surface area contributed by atoms with Crippen LogP contribution in [0.5, 0.6) is 0 Å². The van der Waals surface area contributed by atoms with E-state index >= 15 is 0 Å². The maximum atomic E-state index is 3.46. The van der Waals surface area contributed by atoms with Crippen molar-refractivity contribution in [3.05, 3.63) is 23.8 Å². The molecule has 0 amide bonds. The van der Waals surface area contributed by atoms with Crippen molar-refractivity contribution < 1.29 is 51.0 Å². The zero-order chi connectivity index (χ0) is 9.90. The summed E-state index contributed by atoms with van der Waals surface area (Å²) in [4.78, 5) is 0. The first kappa shape index (κ1) is 22.2. The second kappa shape index (κ2) is 9.92. The molecule has 0 aromatic heterocycles. The molecule has 0 aliphatic heterocycles. The van der Waals surface area contributed by atoms with Crippen molar-refractivity contribution in [2.75, 3.05) is 0 Å². The molecule has 0 saturated carbocycles. The van der Waals surface area contributed by atoms with Crippen LogP contribution in [0.15, 0.2) is 17.7 Å². The van der Waals surface area contributed by atoms with E-state index < -0.39 is 0 Å². The summed E-state index contributed by atoms with van der Waals surface area (Å²) in [6.07, 6.45) is 11.4. The van der Waals surface area contributed by atoms with Gasteiger partial charge in [-0.15, -0.1) is 6.42 Å². The molecule has 0 nitrogen and oxygen atoms in total. The molecule has 91 valence electrons. The molecule has 0 spiro atoms. The second-order valence-electron chi connectivity index (χ2n) is 4.71. The summed E-state index contributed by atoms with van der Waals surface area (Å²) in [5.74, 6) is 0.772. The maximum Gasteiger partial charge on any atom is 3.00 e. The Morgan fingerprint density at radius 3 is 2.25 bits per heavy atom. The normalized spacial score (nSPS) is 16.7. The van der Waals surface area contributed by atoms with Gasteiger partial charge in [-0.1, -0.05) is 27.7 Å². The summed E-state index contributed by atoms with van der Waals surface area (Å²) in [5, 5.41) is 0. The van der Waals surface area contributed by atoms with Crippen molar-refractivity contribution >= 4 is 0 Å². The van der Waals surface area contributed by atoms with Gasteiger partial charge < -0.3 is 24.8 Å². The molecule has 1 aliphatic carbocycles. The number of hydrogen-bond acceptors (Lipinski definition) is 0. The van der Waals surface area contributed by atoms with Gasteiger partial charge in [0.05, 0.1) is 0 Å². The molecule has 0 heterocycles. The van der Waals surface area contributed by atoms with Crippen LogP contribution in [0.3, 0.4) is 0 Å². The van der Waals surface area contributed by atoms with Crippen molar-refractivity contribution in [1.29, 1.82) is 0 Å². The van der Waals surface area contributed by atoms with E-state index in [9.17, 15) is 0 Å². The first-order chi connectivity index (χ1) is 6.08. The first-order valence-corrected chi connectivity index (χ1v) is 5.36. The molecule has 0 aromatic carbocycles. The zero-order valence-electron chi connectivity index (χ0n) is 10.6. The molecule has 1 radical (unpaired) electrons. The molecule has 1 rings (SSSR count). The van der Waals surface area contributed by atoms with Gasteiger partial charge in [-0.3, -0.25) is 6.08 Å². The Kier molecular flexibility index (Phi) is 13.7. The molecular weight excluding hydrogens is 318 g/mol. The standard InChI is InChI=1S/C13H21.2ClH.Zr/c1-5-13(4,10-11(2)3)12-8-6-7-9-12;;;/h6,8,11H,5,7,10H2,1-4H3;2*1H;/q-1;;;+3/p-2. The average Bonchev–Trinajstić information content (AvgIpc) is 2.55. The number of halogens is 2. The third kappa shape index (κ3) is 6.03. The van der Waals surface area contributed by atoms with Crippen molar-refractivity contribution in [1.82, 2.24) is 0 Å². The van der Waals surface area contributed by atoms with Crippen LogP contribution in [0.4, 0.5) is 0 Å². The van der Waals surface area contributed by atoms with Crippen molar-refractivity contribution in [3.8, 4) is 0 Å². The molecule has 3 heteroatoms. The quantitative estimate of drug-likeness (QED) is 0.528. The molecule has 0 bridgehead atoms. The van der Waals surface area contributed by atoms with Crippen LogP contribution in [0.25, 0.3) is 0 Å². The Labute approximate surface area is 132 Å². The number of allylic oxidation sites excluding steroid dienone is 4. The van der Waals surface area contributed by atoms with Gasteiger partial charge in [-0.05, 0) is 24.2 Å². The predicted octanol–water partition coefficient (Wildman–Crippen LogP) is -1.86. The minimum Gasteiger partial charge on any atom is -1.00 e. The van der Waals surface area contributed by atoms with Gasteiger partial charge in [0.2, 0.25) is 0 Å². The predicted molar refractivity (Wildman–Crippen MR) is 58.4 cm³/mol. The molecule has 0 aromatic rings. The van der Waals surface area contributed by atoms with E-state index in [1.165, 1.54) is 18.4 Å². The van der Waals surface area contributed by atoms with Crippen molar-refractivity contribution in [2.45, 2.75) is 47.0 Å². The van der Waals surface area contributed by atoms with E-state index in [4.69, 9.17) is 0 Å². The van der Waals surface area contributed by atoms with Crippen LogP contribution in [0.1, 0.15) is 47.0 Å². The smallest absolute Gasteiger partial charge is 1.00 e. The summed E-state index contributed by atoms with van der Waals surface area (Å²) in [6.45, 7) is 9.24. The van der Waals surface area contributed by atoms with Gasteiger partial charge >= 0.3 is 26.2 Å². The molecule has 0 fully saturated rings. The summed E-state index contributed by atoms with van der Waals surface area (Å²) in [5.41, 5.74) is 1.80. The fourth-order valence-electron chi connectivity index (χ4n) is 2.16. The number of hydrogen-bond donors (Lipinski definition) is 0. The van der Waals surface area contributed by atoms with Crippen LogP contribution in [0.2, 0.25) is 0 Å². The third-order valence-electron chi connectivity index (χ3n) is 2.98. The zero-order valence-corrected chi connectivity index (χ0v) is 14.6. The summed E-state index contributed by atoms with van der Waals surface area (Å²) in [6, 6.07) is 0. The summed E-state index contributed by atoms with van der Waals surface area (Å²) >= 11 is 0. The Morgan fingerprint density at radius 2 is 1.94 bits per heavy atom. The van der Waals surface area contributed by atoms with Gasteiger partial charge in [0.1, 0.15) is 0 Å². The topological polar surface area (TPSA) is 0 Å². The Hall–Kier alpha value is 0.943. The molecule has 1 atom stereocenters. The van der Waals surface area contributed by atoms with E-state index in [1.807, 2.05) is 0 Å². The van der Waals surface area contributed by atoms with Gasteiger partial charge in [-0.25, -0.2) is 11.6 Å². The summed E-state index contributed by atoms with van der Waals surface area (Å²) < 4.78 is 0. The minimum atomic E-state index is 0. The first-order valence-electron chi connectivity index (χ1n) is 5.36. The van der Waals surface area contributed by atoms with Gasteiger partial charge in [0.25, 0.3) is 0 Å². The van der Waals surface area contributed by atoms with E-state index in [0.29, 0.717) is 5.41 Å². The maximum absolute atomic E-state index is 3.46. The molecule has 0 saturated heterocycles. The van der Waals surface area contributed by atoms with Crippen LogP contribution >= 0.6 is 0 Å². The molecule has 0 N–H and O–H groups in total. The fourth-order valence-corrected chi connectivity index (χ4v) is 2.16. The average molecular weight is 339 g/mol. The molecule has 1 aliphatic rings. The SMILES string of the molecule is CCC(C)(CC(C)C)C1=[C-]CC=C1.[Cl-].[Cl-].[Zr+3]. The van der Waals surface area contributed by atoms with Gasteiger partial charge in [0, 0.05) is 0 Å². The van der Waals surface area contributed by atoms with E-state index in [-0.39, 0.29) is 51.0 Å². The molecule has 1 unspecified atom stereocenters. The fraction of sp³-hybridized carbons (Fsp3) is 0.692. The monoisotopic (exact) mass is 337 g/mol. The van der Waals surface area contributed by atoms with Crippen LogP contribution in [0, 0.1) is 17.4 Å². The Bertz CT molecular complexity index is 234. The van der Waals surface area contributed by atoms with Gasteiger partial charge in [0.15, 0.2) is 0 Å². The van der Waals surface area contributed by atoms with E-state index in [2.05, 4.69) is 45.9 Å². The van der Waals surface area contributed by atoms with Gasteiger partial charge in [-0.2, -0.15) is 6.08 Å². The number of rotatable bonds is 4. The molecule has 16 heavy (non-hydrogen) atoms. The Morgan fingerprint density at radius 1 is 1.38 bits per heavy atom. The Balaban J connectivity index is -0.000000563. The van der Waals surface area contributed by atoms with E-state index in [1.54, 1.807) is 0 Å². The second-order valence-corrected chi connectivity index (χ2v) is 4.71. The van der Waals surface area contributed by atoms with Crippen molar-refractivity contribution in [2.24, 2.45) is 11.3 Å². The molecular formula is C13H21Cl2Zr. The van der Waals surface area contributed by atoms with Crippen molar-refractivity contribution in [3.63, 3.8) is 0 Å². The van der Waals surface area contributed by atoms with Crippen LogP contribution < -0.4 is 24.8 Å². The van der Waals surface area contributed by atoms with E-state index in [0.717, 1.165) is 12.3 Å². The third-order valence-corrected chi connectivity index (χ3v) is 2.98. The van der Waals surface area contributed by atoms with Crippen LogP contribution in [-0.2, 0) is 26.2 Å². The summed E-state index contributed by atoms with van der Waals surface area (Å²) in [7, 11) is 0. The minimum absolute atomic E-state index is 0.